The van der Waals surface area contributed by atoms with Crippen LogP contribution in [0.25, 0.3) is 0 Å². The lowest BCUT2D eigenvalue weighted by atomic mass is 10.0. The SMILES string of the molecule is CCNC(CO)C(=O)c1ccc2c(c1)SCC2. The van der Waals surface area contributed by atoms with Gasteiger partial charge in [-0.1, -0.05) is 19.1 Å². The number of rotatable bonds is 5. The fraction of sp³-hybridized carbons (Fsp3) is 0.462. The number of fused-ring (bicyclic) bond motifs is 1. The minimum absolute atomic E-state index is 0.0235. The van der Waals surface area contributed by atoms with Crippen LogP contribution >= 0.6 is 11.8 Å². The standard InChI is InChI=1S/C13H17NO2S/c1-2-14-11(8-15)13(16)10-4-3-9-5-6-17-12(9)7-10/h3-4,7,11,14-15H,2,5-6,8H2,1H3. The Labute approximate surface area is 106 Å². The number of ketones is 1. The predicted molar refractivity (Wildman–Crippen MR) is 69.8 cm³/mol. The second-order valence-electron chi connectivity index (χ2n) is 4.08. The molecular weight excluding hydrogens is 234 g/mol. The molecule has 0 saturated heterocycles. The molecule has 17 heavy (non-hydrogen) atoms. The molecule has 1 aliphatic heterocycles. The Balaban J connectivity index is 2.19. The molecule has 4 heteroatoms. The van der Waals surface area contributed by atoms with Crippen molar-refractivity contribution in [3.63, 3.8) is 0 Å². The molecule has 1 unspecified atom stereocenters. The van der Waals surface area contributed by atoms with Gasteiger partial charge in [-0.2, -0.15) is 0 Å². The van der Waals surface area contributed by atoms with Crippen LogP contribution in [0.15, 0.2) is 23.1 Å². The van der Waals surface area contributed by atoms with Crippen LogP contribution < -0.4 is 5.32 Å². The van der Waals surface area contributed by atoms with E-state index in [4.69, 9.17) is 0 Å². The first-order valence-corrected chi connectivity index (χ1v) is 6.89. The highest BCUT2D eigenvalue weighted by Gasteiger charge is 2.20. The Bertz CT molecular complexity index is 420. The summed E-state index contributed by atoms with van der Waals surface area (Å²) in [6, 6.07) is 5.37. The number of aryl methyl sites for hydroxylation is 1. The summed E-state index contributed by atoms with van der Waals surface area (Å²) in [4.78, 5) is 13.3. The van der Waals surface area contributed by atoms with Gasteiger partial charge in [-0.05, 0) is 24.6 Å². The van der Waals surface area contributed by atoms with Gasteiger partial charge in [0, 0.05) is 16.2 Å². The smallest absolute Gasteiger partial charge is 0.182 e. The van der Waals surface area contributed by atoms with Gasteiger partial charge in [0.1, 0.15) is 0 Å². The van der Waals surface area contributed by atoms with Crippen LogP contribution in [0.1, 0.15) is 22.8 Å². The average Bonchev–Trinajstić information content (AvgIpc) is 2.82. The molecule has 1 heterocycles. The van der Waals surface area contributed by atoms with Gasteiger partial charge in [-0.15, -0.1) is 11.8 Å². The Morgan fingerprint density at radius 3 is 3.12 bits per heavy atom. The van der Waals surface area contributed by atoms with Crippen molar-refractivity contribution in [2.75, 3.05) is 18.9 Å². The summed E-state index contributed by atoms with van der Waals surface area (Å²) in [5, 5.41) is 12.2. The van der Waals surface area contributed by atoms with Crippen LogP contribution in [0.5, 0.6) is 0 Å². The molecule has 0 bridgehead atoms. The number of thioether (sulfide) groups is 1. The third-order valence-corrected chi connectivity index (χ3v) is 4.03. The maximum absolute atomic E-state index is 12.1. The molecule has 0 saturated carbocycles. The zero-order valence-electron chi connectivity index (χ0n) is 9.90. The highest BCUT2D eigenvalue weighted by atomic mass is 32.2. The quantitative estimate of drug-likeness (QED) is 0.778. The topological polar surface area (TPSA) is 49.3 Å². The molecule has 0 fully saturated rings. The Morgan fingerprint density at radius 2 is 2.41 bits per heavy atom. The van der Waals surface area contributed by atoms with Crippen LogP contribution in [-0.4, -0.2) is 35.8 Å². The third-order valence-electron chi connectivity index (χ3n) is 2.93. The number of hydrogen-bond donors (Lipinski definition) is 2. The van der Waals surface area contributed by atoms with E-state index < -0.39 is 6.04 Å². The largest absolute Gasteiger partial charge is 0.394 e. The fourth-order valence-corrected chi connectivity index (χ4v) is 3.12. The van der Waals surface area contributed by atoms with Crippen molar-refractivity contribution in [2.45, 2.75) is 24.3 Å². The van der Waals surface area contributed by atoms with Gasteiger partial charge in [0.2, 0.25) is 0 Å². The van der Waals surface area contributed by atoms with Gasteiger partial charge in [0.15, 0.2) is 5.78 Å². The number of aliphatic hydroxyl groups is 1. The summed E-state index contributed by atoms with van der Waals surface area (Å²) in [7, 11) is 0. The molecule has 1 aromatic rings. The molecule has 0 aromatic heterocycles. The first-order valence-electron chi connectivity index (χ1n) is 5.90. The van der Waals surface area contributed by atoms with Gasteiger partial charge < -0.3 is 10.4 Å². The van der Waals surface area contributed by atoms with Crippen molar-refractivity contribution in [3.05, 3.63) is 29.3 Å². The number of hydrogen-bond acceptors (Lipinski definition) is 4. The lowest BCUT2D eigenvalue weighted by Gasteiger charge is -2.14. The molecule has 1 aromatic carbocycles. The maximum Gasteiger partial charge on any atom is 0.182 e. The summed E-state index contributed by atoms with van der Waals surface area (Å²) in [5.74, 6) is 1.08. The van der Waals surface area contributed by atoms with Crippen LogP contribution in [0.4, 0.5) is 0 Å². The molecule has 1 aliphatic rings. The molecule has 0 radical (unpaired) electrons. The number of benzene rings is 1. The van der Waals surface area contributed by atoms with E-state index in [1.165, 1.54) is 10.5 Å². The lowest BCUT2D eigenvalue weighted by molar-refractivity contribution is 0.0899. The summed E-state index contributed by atoms with van der Waals surface area (Å²) in [6.07, 6.45) is 1.09. The predicted octanol–water partition coefficient (Wildman–Crippen LogP) is 1.49. The van der Waals surface area contributed by atoms with Gasteiger partial charge in [-0.25, -0.2) is 0 Å². The molecule has 2 N–H and O–H groups in total. The Morgan fingerprint density at radius 1 is 1.59 bits per heavy atom. The van der Waals surface area contributed by atoms with Crippen molar-refractivity contribution < 1.29 is 9.90 Å². The average molecular weight is 251 g/mol. The monoisotopic (exact) mass is 251 g/mol. The maximum atomic E-state index is 12.1. The zero-order chi connectivity index (χ0) is 12.3. The van der Waals surface area contributed by atoms with E-state index in [0.717, 1.165) is 12.2 Å². The third kappa shape index (κ3) is 2.70. The van der Waals surface area contributed by atoms with Gasteiger partial charge >= 0.3 is 0 Å². The van der Waals surface area contributed by atoms with Crippen molar-refractivity contribution in [1.29, 1.82) is 0 Å². The first-order chi connectivity index (χ1) is 8.26. The highest BCUT2D eigenvalue weighted by molar-refractivity contribution is 7.99. The normalized spacial score (nSPS) is 15.6. The molecule has 0 aliphatic carbocycles. The Hall–Kier alpha value is -0.840. The number of carbonyl (C=O) groups excluding carboxylic acids is 1. The van der Waals surface area contributed by atoms with E-state index in [1.54, 1.807) is 11.8 Å². The minimum atomic E-state index is -0.482. The summed E-state index contributed by atoms with van der Waals surface area (Å²) in [6.45, 7) is 2.45. The number of Topliss-reactive ketones (excluding diaryl/α,β-unsaturated/α-hetero) is 1. The van der Waals surface area contributed by atoms with Crippen molar-refractivity contribution >= 4 is 17.5 Å². The molecule has 0 spiro atoms. The minimum Gasteiger partial charge on any atom is -0.394 e. The second-order valence-corrected chi connectivity index (χ2v) is 5.21. The number of nitrogens with one attached hydrogen (secondary N) is 1. The summed E-state index contributed by atoms with van der Waals surface area (Å²) < 4.78 is 0. The van der Waals surface area contributed by atoms with Crippen LogP contribution in [0, 0.1) is 0 Å². The molecular formula is C13H17NO2S. The molecule has 3 nitrogen and oxygen atoms in total. The molecule has 2 rings (SSSR count). The van der Waals surface area contributed by atoms with Crippen molar-refractivity contribution in [1.82, 2.24) is 5.32 Å². The van der Waals surface area contributed by atoms with E-state index in [-0.39, 0.29) is 12.4 Å². The number of carbonyl (C=O) groups is 1. The highest BCUT2D eigenvalue weighted by Crippen LogP contribution is 2.32. The van der Waals surface area contributed by atoms with E-state index in [9.17, 15) is 9.90 Å². The van der Waals surface area contributed by atoms with Gasteiger partial charge in [0.05, 0.1) is 12.6 Å². The number of aliphatic hydroxyl groups excluding tert-OH is 1. The molecule has 92 valence electrons. The van der Waals surface area contributed by atoms with E-state index in [0.29, 0.717) is 12.1 Å². The summed E-state index contributed by atoms with van der Waals surface area (Å²) >= 11 is 1.80. The van der Waals surface area contributed by atoms with E-state index >= 15 is 0 Å². The molecule has 1 atom stereocenters. The molecule has 0 amide bonds. The van der Waals surface area contributed by atoms with Crippen LogP contribution in [0.2, 0.25) is 0 Å². The van der Waals surface area contributed by atoms with Crippen molar-refractivity contribution in [2.24, 2.45) is 0 Å². The fourth-order valence-electron chi connectivity index (χ4n) is 2.01. The van der Waals surface area contributed by atoms with Crippen molar-refractivity contribution in [3.8, 4) is 0 Å². The van der Waals surface area contributed by atoms with Gasteiger partial charge in [-0.3, -0.25) is 4.79 Å². The van der Waals surface area contributed by atoms with Crippen LogP contribution in [0.3, 0.4) is 0 Å². The Kier molecular flexibility index (Phi) is 4.20. The van der Waals surface area contributed by atoms with Crippen LogP contribution in [-0.2, 0) is 6.42 Å². The second kappa shape index (κ2) is 5.67. The van der Waals surface area contributed by atoms with E-state index in [1.807, 2.05) is 25.1 Å². The lowest BCUT2D eigenvalue weighted by Crippen LogP contribution is -2.39. The summed E-state index contributed by atoms with van der Waals surface area (Å²) in [5.41, 5.74) is 2.02. The first kappa shape index (κ1) is 12.6. The zero-order valence-corrected chi connectivity index (χ0v) is 10.7. The van der Waals surface area contributed by atoms with Gasteiger partial charge in [0.25, 0.3) is 0 Å². The number of likely N-dealkylation sites (N-methyl/N-ethyl adjacent to an activating group) is 1. The van der Waals surface area contributed by atoms with E-state index in [2.05, 4.69) is 5.32 Å².